The Balaban J connectivity index is 0.00000420. The zero-order valence-corrected chi connectivity index (χ0v) is 20.1. The predicted molar refractivity (Wildman–Crippen MR) is 129 cm³/mol. The van der Waals surface area contributed by atoms with E-state index in [1.165, 1.54) is 0 Å². The monoisotopic (exact) mass is 517 g/mol. The minimum absolute atomic E-state index is 0. The van der Waals surface area contributed by atoms with Gasteiger partial charge in [0.25, 0.3) is 5.91 Å². The lowest BCUT2D eigenvalue weighted by atomic mass is 10.0. The molecule has 1 unspecified atom stereocenters. The zero-order chi connectivity index (χ0) is 20.2. The van der Waals surface area contributed by atoms with Gasteiger partial charge in [0, 0.05) is 51.4 Å². The van der Waals surface area contributed by atoms with E-state index in [0.29, 0.717) is 30.6 Å². The second kappa shape index (κ2) is 14.6. The van der Waals surface area contributed by atoms with Crippen molar-refractivity contribution >= 4 is 35.8 Å². The summed E-state index contributed by atoms with van der Waals surface area (Å²) in [6, 6.07) is 9.70. The average molecular weight is 517 g/mol. The van der Waals surface area contributed by atoms with E-state index < -0.39 is 0 Å². The first-order valence-electron chi connectivity index (χ1n) is 10.2. The summed E-state index contributed by atoms with van der Waals surface area (Å²) in [4.78, 5) is 18.9. The van der Waals surface area contributed by atoms with Crippen molar-refractivity contribution in [3.05, 3.63) is 35.9 Å². The number of carbonyl (C=O) groups excluding carboxylic acids is 1. The highest BCUT2D eigenvalue weighted by molar-refractivity contribution is 14.0. The predicted octanol–water partition coefficient (Wildman–Crippen LogP) is 1.95. The minimum Gasteiger partial charge on any atom is -0.379 e. The Labute approximate surface area is 192 Å². The van der Waals surface area contributed by atoms with Crippen LogP contribution in [0.4, 0.5) is 0 Å². The van der Waals surface area contributed by atoms with Crippen LogP contribution in [-0.2, 0) is 4.74 Å². The van der Waals surface area contributed by atoms with Crippen LogP contribution < -0.4 is 16.0 Å². The molecule has 0 spiro atoms. The fraction of sp³-hybridized carbons (Fsp3) is 0.619. The van der Waals surface area contributed by atoms with Gasteiger partial charge in [0.2, 0.25) is 0 Å². The molecule has 1 aromatic rings. The molecule has 0 bridgehead atoms. The molecule has 0 aromatic heterocycles. The highest BCUT2D eigenvalue weighted by Gasteiger charge is 2.22. The average Bonchev–Trinajstić information content (AvgIpc) is 2.73. The Kier molecular flexibility index (Phi) is 12.9. The van der Waals surface area contributed by atoms with Crippen LogP contribution in [-0.4, -0.2) is 75.8 Å². The molecule has 1 aliphatic heterocycles. The molecule has 0 radical (unpaired) electrons. The van der Waals surface area contributed by atoms with Crippen LogP contribution in [0.3, 0.4) is 0 Å². The Morgan fingerprint density at radius 1 is 1.10 bits per heavy atom. The molecule has 0 aliphatic carbocycles. The molecular formula is C21H36IN5O2. The zero-order valence-electron chi connectivity index (χ0n) is 17.8. The number of aliphatic imine (C=N–C) groups is 1. The van der Waals surface area contributed by atoms with Crippen LogP contribution in [0, 0.1) is 5.92 Å². The first-order chi connectivity index (χ1) is 13.6. The van der Waals surface area contributed by atoms with Crippen molar-refractivity contribution in [2.75, 3.05) is 53.0 Å². The molecule has 7 nitrogen and oxygen atoms in total. The van der Waals surface area contributed by atoms with Gasteiger partial charge in [-0.15, -0.1) is 24.0 Å². The first-order valence-corrected chi connectivity index (χ1v) is 10.2. The van der Waals surface area contributed by atoms with Gasteiger partial charge in [-0.05, 0) is 24.5 Å². The van der Waals surface area contributed by atoms with Crippen LogP contribution in [0.25, 0.3) is 0 Å². The van der Waals surface area contributed by atoms with E-state index in [0.717, 1.165) is 45.2 Å². The molecule has 1 heterocycles. The van der Waals surface area contributed by atoms with E-state index in [9.17, 15) is 4.79 Å². The summed E-state index contributed by atoms with van der Waals surface area (Å²) in [6.07, 6.45) is 1.14. The number of nitrogens with one attached hydrogen (secondary N) is 3. The number of guanidine groups is 1. The van der Waals surface area contributed by atoms with E-state index in [2.05, 4.69) is 39.7 Å². The first kappa shape index (κ1) is 25.6. The smallest absolute Gasteiger partial charge is 0.251 e. The topological polar surface area (TPSA) is 78.0 Å². The van der Waals surface area contributed by atoms with Crippen LogP contribution in [0.2, 0.25) is 0 Å². The highest BCUT2D eigenvalue weighted by Crippen LogP contribution is 2.12. The molecule has 1 fully saturated rings. The molecule has 1 atom stereocenters. The van der Waals surface area contributed by atoms with E-state index in [1.54, 1.807) is 7.05 Å². The maximum Gasteiger partial charge on any atom is 0.251 e. The number of morpholine rings is 1. The van der Waals surface area contributed by atoms with Gasteiger partial charge < -0.3 is 20.7 Å². The van der Waals surface area contributed by atoms with Crippen LogP contribution in [0.15, 0.2) is 35.3 Å². The number of rotatable bonds is 9. The van der Waals surface area contributed by atoms with Crippen LogP contribution in [0.1, 0.15) is 30.6 Å². The van der Waals surface area contributed by atoms with Gasteiger partial charge in [0.1, 0.15) is 0 Å². The molecular weight excluding hydrogens is 481 g/mol. The minimum atomic E-state index is -0.0605. The summed E-state index contributed by atoms with van der Waals surface area (Å²) in [5.41, 5.74) is 0.673. The van der Waals surface area contributed by atoms with Gasteiger partial charge in [-0.3, -0.25) is 14.7 Å². The second-order valence-electron chi connectivity index (χ2n) is 7.43. The lowest BCUT2D eigenvalue weighted by Gasteiger charge is -2.35. The van der Waals surface area contributed by atoms with Crippen molar-refractivity contribution in [1.29, 1.82) is 0 Å². The molecule has 1 amide bonds. The Morgan fingerprint density at radius 3 is 2.38 bits per heavy atom. The molecule has 2 rings (SSSR count). The van der Waals surface area contributed by atoms with Gasteiger partial charge in [0.15, 0.2) is 5.96 Å². The number of hydrogen-bond acceptors (Lipinski definition) is 4. The van der Waals surface area contributed by atoms with Crippen molar-refractivity contribution in [2.24, 2.45) is 10.9 Å². The largest absolute Gasteiger partial charge is 0.379 e. The quantitative estimate of drug-likeness (QED) is 0.202. The molecule has 1 aromatic carbocycles. The Bertz CT molecular complexity index is 606. The maximum atomic E-state index is 12.1. The normalized spacial score (nSPS) is 16.1. The highest BCUT2D eigenvalue weighted by atomic mass is 127. The summed E-state index contributed by atoms with van der Waals surface area (Å²) < 4.78 is 5.49. The van der Waals surface area contributed by atoms with Crippen LogP contribution >= 0.6 is 24.0 Å². The molecule has 1 saturated heterocycles. The van der Waals surface area contributed by atoms with Crippen LogP contribution in [0.5, 0.6) is 0 Å². The fourth-order valence-electron chi connectivity index (χ4n) is 3.33. The summed E-state index contributed by atoms with van der Waals surface area (Å²) >= 11 is 0. The lowest BCUT2D eigenvalue weighted by Crippen LogP contribution is -2.51. The van der Waals surface area contributed by atoms with Crippen molar-refractivity contribution in [2.45, 2.75) is 26.3 Å². The van der Waals surface area contributed by atoms with E-state index in [4.69, 9.17) is 4.74 Å². The third-order valence-electron chi connectivity index (χ3n) is 4.77. The van der Waals surface area contributed by atoms with Gasteiger partial charge in [-0.2, -0.15) is 0 Å². The Morgan fingerprint density at radius 2 is 1.76 bits per heavy atom. The summed E-state index contributed by atoms with van der Waals surface area (Å²) in [5.74, 6) is 1.34. The van der Waals surface area contributed by atoms with Crippen molar-refractivity contribution in [3.63, 3.8) is 0 Å². The Hall–Kier alpha value is -1.39. The molecule has 1 aliphatic rings. The van der Waals surface area contributed by atoms with Gasteiger partial charge in [0.05, 0.1) is 13.2 Å². The third kappa shape index (κ3) is 9.77. The van der Waals surface area contributed by atoms with Gasteiger partial charge in [-0.25, -0.2) is 0 Å². The van der Waals surface area contributed by atoms with Crippen molar-refractivity contribution in [1.82, 2.24) is 20.9 Å². The van der Waals surface area contributed by atoms with E-state index >= 15 is 0 Å². The molecule has 3 N–H and O–H groups in total. The third-order valence-corrected chi connectivity index (χ3v) is 4.77. The molecule has 29 heavy (non-hydrogen) atoms. The number of carbonyl (C=O) groups is 1. The van der Waals surface area contributed by atoms with E-state index in [-0.39, 0.29) is 29.9 Å². The number of halogens is 1. The second-order valence-corrected chi connectivity index (χ2v) is 7.43. The van der Waals surface area contributed by atoms with Crippen molar-refractivity contribution in [3.8, 4) is 0 Å². The summed E-state index contributed by atoms with van der Waals surface area (Å²) in [6.45, 7) is 10.1. The number of ether oxygens (including phenoxy) is 1. The number of hydrogen-bond donors (Lipinski definition) is 3. The number of benzene rings is 1. The lowest BCUT2D eigenvalue weighted by molar-refractivity contribution is 0.0132. The number of amides is 1. The van der Waals surface area contributed by atoms with Gasteiger partial charge >= 0.3 is 0 Å². The molecule has 0 saturated carbocycles. The molecule has 164 valence electrons. The van der Waals surface area contributed by atoms with Crippen molar-refractivity contribution < 1.29 is 9.53 Å². The van der Waals surface area contributed by atoms with Gasteiger partial charge in [-0.1, -0.05) is 32.0 Å². The maximum absolute atomic E-state index is 12.1. The SMILES string of the molecule is CN=C(NCCNC(=O)c1ccccc1)NCC(CC(C)C)N1CCOCC1.I. The summed E-state index contributed by atoms with van der Waals surface area (Å²) in [7, 11) is 1.77. The summed E-state index contributed by atoms with van der Waals surface area (Å²) in [5, 5.41) is 9.62. The van der Waals surface area contributed by atoms with E-state index in [1.807, 2.05) is 30.3 Å². The standard InChI is InChI=1S/C21H35N5O2.HI/c1-17(2)15-19(26-11-13-28-14-12-26)16-25-21(22-3)24-10-9-23-20(27)18-7-5-4-6-8-18;/h4-8,17,19H,9-16H2,1-3H3,(H,23,27)(H2,22,24,25);1H. The molecule has 8 heteroatoms. The number of nitrogens with zero attached hydrogens (tertiary/aromatic N) is 2. The fourth-order valence-corrected chi connectivity index (χ4v) is 3.33.